The maximum Gasteiger partial charge on any atom is 0.123 e. The molecule has 0 aliphatic carbocycles. The first kappa shape index (κ1) is 12.4. The van der Waals surface area contributed by atoms with Crippen LogP contribution in [-0.4, -0.2) is 39.5 Å². The third-order valence-corrected chi connectivity index (χ3v) is 3.65. The molecule has 1 saturated heterocycles. The Morgan fingerprint density at radius 2 is 2.32 bits per heavy atom. The summed E-state index contributed by atoms with van der Waals surface area (Å²) in [6.45, 7) is 2.88. The molecule has 2 atom stereocenters. The molecule has 2 aromatic heterocycles. The molecule has 3 rings (SSSR count). The highest BCUT2D eigenvalue weighted by molar-refractivity contribution is 5.60. The second-order valence-electron chi connectivity index (χ2n) is 5.04. The molecular weight excluding hydrogens is 242 g/mol. The topological polar surface area (TPSA) is 67.8 Å². The second kappa shape index (κ2) is 4.79. The quantitative estimate of drug-likeness (QED) is 0.870. The summed E-state index contributed by atoms with van der Waals surface area (Å²) in [7, 11) is 3.68. The number of aryl methyl sites for hydroxylation is 2. The molecule has 3 heterocycles. The van der Waals surface area contributed by atoms with Gasteiger partial charge in [-0.1, -0.05) is 0 Å². The molecule has 2 N–H and O–H groups in total. The molecule has 6 nitrogen and oxygen atoms in total. The molecule has 102 valence electrons. The van der Waals surface area contributed by atoms with Gasteiger partial charge in [-0.05, 0) is 13.3 Å². The number of ether oxygens (including phenoxy) is 1. The van der Waals surface area contributed by atoms with E-state index in [1.54, 1.807) is 7.11 Å². The van der Waals surface area contributed by atoms with Crippen molar-refractivity contribution in [1.82, 2.24) is 25.1 Å². The van der Waals surface area contributed by atoms with E-state index in [1.807, 2.05) is 31.0 Å². The zero-order chi connectivity index (χ0) is 13.4. The van der Waals surface area contributed by atoms with Gasteiger partial charge in [0.05, 0.1) is 29.7 Å². The summed E-state index contributed by atoms with van der Waals surface area (Å²) in [6, 6.07) is 0.246. The van der Waals surface area contributed by atoms with Crippen LogP contribution in [-0.2, 0) is 11.8 Å². The van der Waals surface area contributed by atoms with Crippen molar-refractivity contribution in [3.05, 3.63) is 23.9 Å². The van der Waals surface area contributed by atoms with Crippen LogP contribution in [0.2, 0.25) is 0 Å². The number of nitrogens with zero attached hydrogens (tertiary/aromatic N) is 3. The predicted molar refractivity (Wildman–Crippen MR) is 71.7 cm³/mol. The molecule has 2 aromatic rings. The molecule has 1 aliphatic heterocycles. The van der Waals surface area contributed by atoms with Crippen LogP contribution in [0.5, 0.6) is 0 Å². The van der Waals surface area contributed by atoms with E-state index in [9.17, 15) is 0 Å². The van der Waals surface area contributed by atoms with E-state index in [-0.39, 0.29) is 12.1 Å². The first-order valence-corrected chi connectivity index (χ1v) is 6.49. The summed E-state index contributed by atoms with van der Waals surface area (Å²) in [5.74, 6) is 0.970. The van der Waals surface area contributed by atoms with Crippen LogP contribution in [0.4, 0.5) is 0 Å². The lowest BCUT2D eigenvalue weighted by Crippen LogP contribution is -2.16. The standard InChI is InChI=1S/C13H19N5O/c1-8-10(7-18(2)17-8)12-6-15-13(16-12)11-4-9(19-3)5-14-11/h6-7,9,11,14H,4-5H2,1-3H3,(H,15,16). The normalized spacial score (nSPS) is 23.1. The van der Waals surface area contributed by atoms with Gasteiger partial charge >= 0.3 is 0 Å². The summed E-state index contributed by atoms with van der Waals surface area (Å²) >= 11 is 0. The van der Waals surface area contributed by atoms with Gasteiger partial charge in [-0.15, -0.1) is 0 Å². The summed E-state index contributed by atoms with van der Waals surface area (Å²) in [6.07, 6.45) is 5.11. The Balaban J connectivity index is 1.82. The number of hydrogen-bond donors (Lipinski definition) is 2. The maximum atomic E-state index is 5.36. The molecule has 0 aromatic carbocycles. The van der Waals surface area contributed by atoms with Gasteiger partial charge < -0.3 is 15.0 Å². The fourth-order valence-corrected chi connectivity index (χ4v) is 2.61. The first-order valence-electron chi connectivity index (χ1n) is 6.49. The van der Waals surface area contributed by atoms with Crippen molar-refractivity contribution in [2.75, 3.05) is 13.7 Å². The van der Waals surface area contributed by atoms with Crippen molar-refractivity contribution in [2.45, 2.75) is 25.5 Å². The molecular formula is C13H19N5O. The summed E-state index contributed by atoms with van der Waals surface area (Å²) in [4.78, 5) is 7.87. The minimum Gasteiger partial charge on any atom is -0.380 e. The monoisotopic (exact) mass is 261 g/mol. The average Bonchev–Trinajstić information content (AvgIpc) is 3.07. The van der Waals surface area contributed by atoms with Gasteiger partial charge in [0.25, 0.3) is 0 Å². The third kappa shape index (κ3) is 2.29. The highest BCUT2D eigenvalue weighted by Gasteiger charge is 2.27. The van der Waals surface area contributed by atoms with Gasteiger partial charge in [0.15, 0.2) is 0 Å². The molecule has 1 aliphatic rings. The van der Waals surface area contributed by atoms with Crippen molar-refractivity contribution >= 4 is 0 Å². The Bertz CT molecular complexity index is 573. The highest BCUT2D eigenvalue weighted by atomic mass is 16.5. The maximum absolute atomic E-state index is 5.36. The van der Waals surface area contributed by atoms with Gasteiger partial charge in [-0.2, -0.15) is 5.10 Å². The molecule has 0 amide bonds. The third-order valence-electron chi connectivity index (χ3n) is 3.65. The molecule has 1 fully saturated rings. The van der Waals surface area contributed by atoms with Gasteiger partial charge in [0, 0.05) is 32.5 Å². The number of hydrogen-bond acceptors (Lipinski definition) is 4. The van der Waals surface area contributed by atoms with E-state index in [1.165, 1.54) is 0 Å². The van der Waals surface area contributed by atoms with E-state index >= 15 is 0 Å². The zero-order valence-electron chi connectivity index (χ0n) is 11.5. The van der Waals surface area contributed by atoms with E-state index in [0.717, 1.165) is 35.7 Å². The van der Waals surface area contributed by atoms with Crippen LogP contribution in [0, 0.1) is 6.92 Å². The average molecular weight is 261 g/mol. The molecule has 6 heteroatoms. The Morgan fingerprint density at radius 1 is 1.47 bits per heavy atom. The fraction of sp³-hybridized carbons (Fsp3) is 0.538. The number of methoxy groups -OCH3 is 1. The number of rotatable bonds is 3. The van der Waals surface area contributed by atoms with Gasteiger partial charge in [0.2, 0.25) is 0 Å². The Hall–Kier alpha value is -1.66. The van der Waals surface area contributed by atoms with Crippen LogP contribution >= 0.6 is 0 Å². The van der Waals surface area contributed by atoms with Crippen molar-refractivity contribution in [1.29, 1.82) is 0 Å². The number of imidazole rings is 1. The molecule has 19 heavy (non-hydrogen) atoms. The highest BCUT2D eigenvalue weighted by Crippen LogP contribution is 2.26. The zero-order valence-corrected chi connectivity index (χ0v) is 11.5. The van der Waals surface area contributed by atoms with Gasteiger partial charge in [0.1, 0.15) is 5.82 Å². The summed E-state index contributed by atoms with van der Waals surface area (Å²) in [5, 5.41) is 7.77. The molecule has 0 saturated carbocycles. The minimum atomic E-state index is 0.246. The minimum absolute atomic E-state index is 0.246. The van der Waals surface area contributed by atoms with Gasteiger partial charge in [-0.3, -0.25) is 4.68 Å². The first-order chi connectivity index (χ1) is 9.17. The number of nitrogens with one attached hydrogen (secondary N) is 2. The van der Waals surface area contributed by atoms with Gasteiger partial charge in [-0.25, -0.2) is 4.98 Å². The van der Waals surface area contributed by atoms with Crippen molar-refractivity contribution in [2.24, 2.45) is 7.05 Å². The molecule has 2 unspecified atom stereocenters. The van der Waals surface area contributed by atoms with E-state index < -0.39 is 0 Å². The van der Waals surface area contributed by atoms with E-state index in [0.29, 0.717) is 0 Å². The Kier molecular flexibility index (Phi) is 3.12. The SMILES string of the molecule is COC1CNC(c2ncc(-c3cn(C)nc3C)[nH]2)C1. The Morgan fingerprint density at radius 3 is 2.95 bits per heavy atom. The van der Waals surface area contributed by atoms with Crippen molar-refractivity contribution < 1.29 is 4.74 Å². The van der Waals surface area contributed by atoms with E-state index in [4.69, 9.17) is 4.74 Å². The van der Waals surface area contributed by atoms with Crippen LogP contribution in [0.15, 0.2) is 12.4 Å². The summed E-state index contributed by atoms with van der Waals surface area (Å²) < 4.78 is 7.18. The van der Waals surface area contributed by atoms with Crippen LogP contribution in [0.3, 0.4) is 0 Å². The summed E-state index contributed by atoms with van der Waals surface area (Å²) in [5.41, 5.74) is 3.12. The smallest absolute Gasteiger partial charge is 0.123 e. The molecule has 0 radical (unpaired) electrons. The lowest BCUT2D eigenvalue weighted by molar-refractivity contribution is 0.117. The molecule has 0 spiro atoms. The van der Waals surface area contributed by atoms with Crippen LogP contribution < -0.4 is 5.32 Å². The number of aromatic nitrogens is 4. The fourth-order valence-electron chi connectivity index (χ4n) is 2.61. The second-order valence-corrected chi connectivity index (χ2v) is 5.04. The number of H-pyrrole nitrogens is 1. The molecule has 0 bridgehead atoms. The van der Waals surface area contributed by atoms with Crippen LogP contribution in [0.1, 0.15) is 24.0 Å². The number of aromatic amines is 1. The lowest BCUT2D eigenvalue weighted by Gasteiger charge is -2.06. The van der Waals surface area contributed by atoms with Crippen LogP contribution in [0.25, 0.3) is 11.3 Å². The van der Waals surface area contributed by atoms with Crippen molar-refractivity contribution in [3.8, 4) is 11.3 Å². The van der Waals surface area contributed by atoms with Crippen molar-refractivity contribution in [3.63, 3.8) is 0 Å². The van der Waals surface area contributed by atoms with E-state index in [2.05, 4.69) is 20.4 Å². The Labute approximate surface area is 112 Å². The lowest BCUT2D eigenvalue weighted by atomic mass is 10.2. The predicted octanol–water partition coefficient (Wildman–Crippen LogP) is 1.17. The largest absolute Gasteiger partial charge is 0.380 e.